The van der Waals surface area contributed by atoms with Gasteiger partial charge in [0.05, 0.1) is 24.2 Å². The van der Waals surface area contributed by atoms with Crippen molar-refractivity contribution in [2.75, 3.05) is 45.0 Å². The number of hydrogen-bond donors (Lipinski definition) is 10. The van der Waals surface area contributed by atoms with Crippen LogP contribution in [-0.2, 0) is 76.8 Å². The summed E-state index contributed by atoms with van der Waals surface area (Å²) < 4.78 is 0. The number of aldehydes is 1. The number of amides is 4. The fourth-order valence-electron chi connectivity index (χ4n) is 12.7. The quantitative estimate of drug-likeness (QED) is 0.0202. The lowest BCUT2D eigenvalue weighted by atomic mass is 9.84. The summed E-state index contributed by atoms with van der Waals surface area (Å²) in [4.78, 5) is 138. The van der Waals surface area contributed by atoms with E-state index in [0.717, 1.165) is 101 Å². The molecule has 3 aromatic rings. The van der Waals surface area contributed by atoms with Gasteiger partial charge in [0.2, 0.25) is 23.6 Å². The van der Waals surface area contributed by atoms with Gasteiger partial charge in [-0.1, -0.05) is 125 Å². The highest BCUT2D eigenvalue weighted by Crippen LogP contribution is 2.40. The van der Waals surface area contributed by atoms with Crippen LogP contribution in [0.25, 0.3) is 0 Å². The Morgan fingerprint density at radius 1 is 0.588 bits per heavy atom. The zero-order valence-electron chi connectivity index (χ0n) is 55.7. The number of likely N-dealkylation sites (tertiary alicyclic amines) is 4. The maximum absolute atomic E-state index is 13.1. The van der Waals surface area contributed by atoms with Crippen LogP contribution in [0.15, 0.2) is 91.0 Å². The van der Waals surface area contributed by atoms with E-state index >= 15 is 0 Å². The van der Waals surface area contributed by atoms with E-state index in [1.165, 1.54) is 23.3 Å². The summed E-state index contributed by atoms with van der Waals surface area (Å²) in [5.41, 5.74) is 9.02. The van der Waals surface area contributed by atoms with Crippen LogP contribution in [-0.4, -0.2) is 211 Å². The van der Waals surface area contributed by atoms with Gasteiger partial charge in [-0.05, 0) is 159 Å². The van der Waals surface area contributed by atoms with Crippen molar-refractivity contribution in [3.8, 4) is 0 Å². The van der Waals surface area contributed by atoms with Crippen LogP contribution in [0.2, 0.25) is 0 Å². The lowest BCUT2D eigenvalue weighted by Crippen LogP contribution is -2.54. The molecule has 10 N–H and O–H groups in total. The van der Waals surface area contributed by atoms with Gasteiger partial charge in [0, 0.05) is 45.3 Å². The third-order valence-electron chi connectivity index (χ3n) is 17.8. The second-order valence-corrected chi connectivity index (χ2v) is 25.0. The number of unbranched alkanes of at least 4 members (excludes halogenated alkanes) is 1. The van der Waals surface area contributed by atoms with E-state index in [2.05, 4.69) is 40.7 Å². The molecule has 5 aliphatic rings. The minimum atomic E-state index is -1.02. The number of carboxylic acid groups (broad SMARTS) is 5. The molecule has 0 bridgehead atoms. The van der Waals surface area contributed by atoms with Gasteiger partial charge in [-0.3, -0.25) is 39.4 Å². The summed E-state index contributed by atoms with van der Waals surface area (Å²) in [5, 5.41) is 53.8. The van der Waals surface area contributed by atoms with Gasteiger partial charge in [-0.2, -0.15) is 22.2 Å². The van der Waals surface area contributed by atoms with Crippen LogP contribution in [0.1, 0.15) is 155 Å². The van der Waals surface area contributed by atoms with Crippen molar-refractivity contribution in [3.63, 3.8) is 0 Å². The van der Waals surface area contributed by atoms with Gasteiger partial charge >= 0.3 is 30.0 Å². The Kier molecular flexibility index (Phi) is 42.1. The van der Waals surface area contributed by atoms with E-state index in [0.29, 0.717) is 76.8 Å². The Bertz CT molecular complexity index is 2880. The van der Waals surface area contributed by atoms with Crippen LogP contribution in [0.5, 0.6) is 0 Å². The molecule has 11 atom stereocenters. The first-order chi connectivity index (χ1) is 46.1. The summed E-state index contributed by atoms with van der Waals surface area (Å²) in [6, 6.07) is 24.5. The van der Waals surface area contributed by atoms with Gasteiger partial charge in [-0.25, -0.2) is 14.4 Å². The molecule has 1 saturated carbocycles. The molecule has 97 heavy (non-hydrogen) atoms. The van der Waals surface area contributed by atoms with Crippen molar-refractivity contribution in [2.45, 2.75) is 211 Å². The molecule has 3 aromatic carbocycles. The molecule has 4 saturated heterocycles. The molecule has 540 valence electrons. The summed E-state index contributed by atoms with van der Waals surface area (Å²) >= 11 is 4.10. The first-order valence-corrected chi connectivity index (χ1v) is 34.1. The second kappa shape index (κ2) is 47.9. The number of carbonyl (C=O) groups is 10. The Morgan fingerprint density at radius 2 is 1.06 bits per heavy atom. The minimum Gasteiger partial charge on any atom is -0.483 e. The predicted molar refractivity (Wildman–Crippen MR) is 370 cm³/mol. The van der Waals surface area contributed by atoms with E-state index < -0.39 is 66.2 Å². The third kappa shape index (κ3) is 29.8. The Labute approximate surface area is 577 Å². The standard InChI is InChI=1S/C22H30N2O4.C20H31N3O3.C18H24N2O5.C8H15NOS.CH2O2.CO2.CH4.H2/c1-15(23-18(14-25)12-11-16-7-3-2-4-8-16)21(26)24-19-10-6-5-9-17(19)13-20(24)22(27)28;21-13-5-4-11-17(19(24)23-15-7-12-18(23)20(25)26)22-14-6-10-16-8-2-1-3-9-16;1-12(16(21)20-11-5-8-15(20)18(24)25)19-14(17(22)23)10-9-13-6-3-2-4-7-13;1-7(6-11)8(10)9-4-2-3-5-9;2*2-1-3;;/h2-4,7-8,14-15,17-20,23H,5-6,9-13H2,1H3,(H,27,28);1-3,8-9,17-18,22H,4-7,10-15,21H2,(H,25,26);2-4,6-7,12,14-15,19H,5,8-11H2,1H3,(H,22,23)(H,24,25);7,11H,2-6H2,1H3;1H,(H,2,3);;1H4;1H/t15-,17?,18-,19-,20-;17-,18-;12-,14-,15-;7-;;;;/m0001..../s1. The van der Waals surface area contributed by atoms with Gasteiger partial charge in [0.15, 0.2) is 0 Å². The minimum absolute atomic E-state index is 0. The van der Waals surface area contributed by atoms with E-state index in [9.17, 15) is 63.6 Å². The first kappa shape index (κ1) is 85.2. The van der Waals surface area contributed by atoms with Crippen LogP contribution in [0.3, 0.4) is 0 Å². The number of nitrogens with zero attached hydrogens (tertiary/aromatic N) is 4. The number of carboxylic acids is 4. The van der Waals surface area contributed by atoms with Crippen LogP contribution < -0.4 is 21.7 Å². The maximum Gasteiger partial charge on any atom is 0.373 e. The van der Waals surface area contributed by atoms with Crippen molar-refractivity contribution < 1.29 is 84.5 Å². The average Bonchev–Trinajstić information content (AvgIpc) is 1.63. The number of nitrogens with two attached hydrogens (primary N) is 1. The lowest BCUT2D eigenvalue weighted by Gasteiger charge is -2.35. The lowest BCUT2D eigenvalue weighted by molar-refractivity contribution is -0.192. The van der Waals surface area contributed by atoms with Crippen molar-refractivity contribution in [1.29, 1.82) is 0 Å². The van der Waals surface area contributed by atoms with Crippen molar-refractivity contribution in [2.24, 2.45) is 17.6 Å². The maximum atomic E-state index is 13.1. The molecule has 5 fully saturated rings. The molecule has 25 nitrogen and oxygen atoms in total. The molecule has 8 rings (SSSR count). The van der Waals surface area contributed by atoms with Gasteiger partial charge in [-0.15, -0.1) is 0 Å². The summed E-state index contributed by atoms with van der Waals surface area (Å²) in [6.07, 6.45) is 17.0. The number of hydrogen-bond acceptors (Lipinski definition) is 17. The number of fused-ring (bicyclic) bond motifs is 1. The van der Waals surface area contributed by atoms with Crippen LogP contribution in [0, 0.1) is 11.8 Å². The molecule has 4 aliphatic heterocycles. The number of rotatable bonds is 29. The highest BCUT2D eigenvalue weighted by atomic mass is 32.1. The number of carbonyl (C=O) groups excluding carboxylic acids is 7. The number of thiol groups is 1. The van der Waals surface area contributed by atoms with Gasteiger partial charge < -0.3 is 61.0 Å². The Morgan fingerprint density at radius 3 is 1.54 bits per heavy atom. The Hall–Kier alpha value is -7.87. The molecule has 0 spiro atoms. The highest BCUT2D eigenvalue weighted by molar-refractivity contribution is 7.80. The molecule has 0 aromatic heterocycles. The highest BCUT2D eigenvalue weighted by Gasteiger charge is 2.48. The number of aryl methyl sites for hydroxylation is 3. The second-order valence-electron chi connectivity index (χ2n) is 24.6. The van der Waals surface area contributed by atoms with Crippen molar-refractivity contribution >= 4 is 79.0 Å². The SMILES string of the molecule is C.C[C@H](CS)C(=O)N1CCCC1.C[C@H](N[C@@H](CCc1ccccc1)C(=O)O)C(=O)N1CCC[C@H]1C(=O)O.C[C@H](N[C@H](C=O)CCc1ccccc1)C(=O)N1[C@H](C(=O)O)CC2CCCC[C@@H]21.NCCCC[C@H](NCCCc1ccccc1)C(=O)N1CCC[C@H]1C(=O)O.O=C=O.O=CO.[HH]. The largest absolute Gasteiger partial charge is 0.483 e. The third-order valence-corrected chi connectivity index (χ3v) is 18.3. The number of benzene rings is 3. The van der Waals surface area contributed by atoms with E-state index in [-0.39, 0.29) is 69.0 Å². The smallest absolute Gasteiger partial charge is 0.373 e. The molecule has 1 aliphatic carbocycles. The molecular formula is C71H108N8O17S. The van der Waals surface area contributed by atoms with Crippen molar-refractivity contribution in [1.82, 2.24) is 35.6 Å². The first-order valence-electron chi connectivity index (χ1n) is 33.5. The van der Waals surface area contributed by atoms with Crippen LogP contribution in [0.4, 0.5) is 0 Å². The average molecular weight is 1380 g/mol. The van der Waals surface area contributed by atoms with E-state index in [4.69, 9.17) is 25.2 Å². The summed E-state index contributed by atoms with van der Waals surface area (Å²) in [6.45, 7) is 9.18. The van der Waals surface area contributed by atoms with Gasteiger partial charge in [0.25, 0.3) is 6.47 Å². The Balaban J connectivity index is 0.000000651. The molecular weight excluding hydrogens is 1270 g/mol. The number of aliphatic carboxylic acids is 4. The molecule has 26 heteroatoms. The molecule has 4 heterocycles. The molecule has 4 amide bonds. The fraction of sp³-hybridized carbons (Fsp3) is 0.592. The fourth-order valence-corrected chi connectivity index (χ4v) is 12.9. The number of nitrogens with one attached hydrogen (secondary N) is 3. The summed E-state index contributed by atoms with van der Waals surface area (Å²) in [5.74, 6) is -3.19. The van der Waals surface area contributed by atoms with Crippen molar-refractivity contribution in [3.05, 3.63) is 108 Å². The topological polar surface area (TPSA) is 381 Å². The molecule has 1 unspecified atom stereocenters. The predicted octanol–water partition coefficient (Wildman–Crippen LogP) is 6.49. The van der Waals surface area contributed by atoms with E-state index in [1.807, 2.05) is 90.7 Å². The monoisotopic (exact) mass is 1380 g/mol. The van der Waals surface area contributed by atoms with Crippen LogP contribution >= 0.6 is 12.6 Å². The zero-order valence-corrected chi connectivity index (χ0v) is 56.6. The molecule has 0 radical (unpaired) electrons. The summed E-state index contributed by atoms with van der Waals surface area (Å²) in [7, 11) is 0. The zero-order chi connectivity index (χ0) is 71.0. The van der Waals surface area contributed by atoms with Gasteiger partial charge in [0.1, 0.15) is 30.5 Å². The normalized spacial score (nSPS) is 19.9. The van der Waals surface area contributed by atoms with E-state index in [1.54, 1.807) is 23.6 Å².